The number of carbonyl (C=O) groups is 1. The molecule has 1 saturated heterocycles. The average Bonchev–Trinajstić information content (AvgIpc) is 2.40. The number of anilines is 1. The number of sulfonamides is 1. The van der Waals surface area contributed by atoms with Crippen LogP contribution in [0.2, 0.25) is 5.02 Å². The third-order valence-corrected chi connectivity index (χ3v) is 4.67. The Morgan fingerprint density at radius 1 is 1.45 bits per heavy atom. The predicted octanol–water partition coefficient (Wildman–Crippen LogP) is 1.49. The molecule has 6 nitrogen and oxygen atoms in total. The summed E-state index contributed by atoms with van der Waals surface area (Å²) in [5.74, 6) is 0.00312. The first-order valence-corrected chi connectivity index (χ1v) is 8.50. The summed E-state index contributed by atoms with van der Waals surface area (Å²) in [5, 5.41) is 3.10. The van der Waals surface area contributed by atoms with Gasteiger partial charge in [-0.3, -0.25) is 4.79 Å². The van der Waals surface area contributed by atoms with E-state index in [1.54, 1.807) is 12.1 Å². The second-order valence-electron chi connectivity index (χ2n) is 4.74. The van der Waals surface area contributed by atoms with E-state index in [4.69, 9.17) is 11.6 Å². The number of nitrogens with zero attached hydrogens (tertiary/aromatic N) is 2. The second kappa shape index (κ2) is 6.07. The maximum absolute atomic E-state index is 12.2. The van der Waals surface area contributed by atoms with Crippen LogP contribution < -0.4 is 5.32 Å². The molecule has 110 valence electrons. The number of piperidine rings is 1. The van der Waals surface area contributed by atoms with E-state index in [0.29, 0.717) is 23.8 Å². The molecule has 0 saturated carbocycles. The Morgan fingerprint density at radius 2 is 2.20 bits per heavy atom. The summed E-state index contributed by atoms with van der Waals surface area (Å²) < 4.78 is 24.7. The number of hydrogen-bond donors (Lipinski definition) is 1. The molecular formula is C12H16ClN3O3S. The average molecular weight is 318 g/mol. The van der Waals surface area contributed by atoms with Gasteiger partial charge < -0.3 is 5.32 Å². The van der Waals surface area contributed by atoms with Gasteiger partial charge in [0.15, 0.2) is 0 Å². The SMILES string of the molecule is CS(=O)(=O)N1CCCC[C@@H]1C(=O)Nc1ccc(Cl)cn1. The molecule has 8 heteroatoms. The largest absolute Gasteiger partial charge is 0.309 e. The van der Waals surface area contributed by atoms with Gasteiger partial charge in [-0.25, -0.2) is 13.4 Å². The van der Waals surface area contributed by atoms with Crippen molar-refractivity contribution in [1.82, 2.24) is 9.29 Å². The summed E-state index contributed by atoms with van der Waals surface area (Å²) >= 11 is 5.72. The highest BCUT2D eigenvalue weighted by molar-refractivity contribution is 7.88. The van der Waals surface area contributed by atoms with E-state index in [1.165, 1.54) is 10.5 Å². The number of rotatable bonds is 3. The van der Waals surface area contributed by atoms with Crippen molar-refractivity contribution in [2.24, 2.45) is 0 Å². The standard InChI is InChI=1S/C12H16ClN3O3S/c1-20(18,19)16-7-3-2-4-10(16)12(17)15-11-6-5-9(13)8-14-11/h5-6,8,10H,2-4,7H2,1H3,(H,14,15,17)/t10-/m1/s1. The third kappa shape index (κ3) is 3.68. The van der Waals surface area contributed by atoms with E-state index < -0.39 is 16.1 Å². The second-order valence-corrected chi connectivity index (χ2v) is 7.11. The zero-order valence-electron chi connectivity index (χ0n) is 11.0. The van der Waals surface area contributed by atoms with Crippen molar-refractivity contribution in [3.8, 4) is 0 Å². The molecule has 1 N–H and O–H groups in total. The van der Waals surface area contributed by atoms with Gasteiger partial charge in [0.1, 0.15) is 11.9 Å². The molecule has 0 unspecified atom stereocenters. The number of amides is 1. The van der Waals surface area contributed by atoms with Gasteiger partial charge in [0.2, 0.25) is 15.9 Å². The van der Waals surface area contributed by atoms with E-state index in [-0.39, 0.29) is 5.91 Å². The highest BCUT2D eigenvalue weighted by atomic mass is 35.5. The van der Waals surface area contributed by atoms with Crippen LogP contribution in [-0.2, 0) is 14.8 Å². The minimum Gasteiger partial charge on any atom is -0.309 e. The van der Waals surface area contributed by atoms with Crippen LogP contribution >= 0.6 is 11.6 Å². The number of nitrogens with one attached hydrogen (secondary N) is 1. The van der Waals surface area contributed by atoms with Gasteiger partial charge in [-0.15, -0.1) is 0 Å². The van der Waals surface area contributed by atoms with Gasteiger partial charge in [-0.2, -0.15) is 4.31 Å². The van der Waals surface area contributed by atoms with Gasteiger partial charge in [0.05, 0.1) is 11.3 Å². The fourth-order valence-corrected chi connectivity index (χ4v) is 3.46. The topological polar surface area (TPSA) is 79.4 Å². The van der Waals surface area contributed by atoms with Crippen molar-refractivity contribution in [1.29, 1.82) is 0 Å². The van der Waals surface area contributed by atoms with Crippen molar-refractivity contribution in [2.75, 3.05) is 18.1 Å². The molecule has 2 heterocycles. The Morgan fingerprint density at radius 3 is 2.80 bits per heavy atom. The monoisotopic (exact) mass is 317 g/mol. The summed E-state index contributed by atoms with van der Waals surface area (Å²) in [6.07, 6.45) is 4.67. The van der Waals surface area contributed by atoms with E-state index in [0.717, 1.165) is 19.1 Å². The summed E-state index contributed by atoms with van der Waals surface area (Å²) in [4.78, 5) is 16.2. The molecule has 1 aromatic rings. The molecule has 1 atom stereocenters. The first-order valence-electron chi connectivity index (χ1n) is 6.27. The Kier molecular flexibility index (Phi) is 4.62. The Labute approximate surface area is 123 Å². The van der Waals surface area contributed by atoms with E-state index in [9.17, 15) is 13.2 Å². The number of carbonyl (C=O) groups excluding carboxylic acids is 1. The molecule has 1 fully saturated rings. The fourth-order valence-electron chi connectivity index (χ4n) is 2.22. The van der Waals surface area contributed by atoms with Crippen molar-refractivity contribution in [3.63, 3.8) is 0 Å². The minimum absolute atomic E-state index is 0.357. The zero-order valence-corrected chi connectivity index (χ0v) is 12.6. The summed E-state index contributed by atoms with van der Waals surface area (Å²) in [6.45, 7) is 0.380. The summed E-state index contributed by atoms with van der Waals surface area (Å²) in [5.41, 5.74) is 0. The number of halogens is 1. The third-order valence-electron chi connectivity index (χ3n) is 3.16. The minimum atomic E-state index is -3.39. The van der Waals surface area contributed by atoms with Crippen LogP contribution in [0.15, 0.2) is 18.3 Å². The quantitative estimate of drug-likeness (QED) is 0.916. The van der Waals surface area contributed by atoms with Gasteiger partial charge >= 0.3 is 0 Å². The molecule has 1 aliphatic heterocycles. The van der Waals surface area contributed by atoms with Crippen LogP contribution in [0, 0.1) is 0 Å². The molecular weight excluding hydrogens is 302 g/mol. The Balaban J connectivity index is 2.12. The molecule has 1 aromatic heterocycles. The van der Waals surface area contributed by atoms with Crippen LogP contribution in [0.1, 0.15) is 19.3 Å². The number of pyridine rings is 1. The van der Waals surface area contributed by atoms with Gasteiger partial charge in [0, 0.05) is 12.7 Å². The summed E-state index contributed by atoms with van der Waals surface area (Å²) in [6, 6.07) is 2.52. The fraction of sp³-hybridized carbons (Fsp3) is 0.500. The lowest BCUT2D eigenvalue weighted by Gasteiger charge is -2.32. The Bertz CT molecular complexity index is 588. The normalized spacial score (nSPS) is 20.6. The highest BCUT2D eigenvalue weighted by Gasteiger charge is 2.34. The lowest BCUT2D eigenvalue weighted by molar-refractivity contribution is -0.120. The zero-order chi connectivity index (χ0) is 14.8. The molecule has 1 aliphatic rings. The molecule has 0 radical (unpaired) electrons. The van der Waals surface area contributed by atoms with E-state index in [1.807, 2.05) is 0 Å². The van der Waals surface area contributed by atoms with Crippen molar-refractivity contribution in [3.05, 3.63) is 23.4 Å². The van der Waals surface area contributed by atoms with Crippen molar-refractivity contribution in [2.45, 2.75) is 25.3 Å². The van der Waals surface area contributed by atoms with Crippen molar-refractivity contribution >= 4 is 33.3 Å². The van der Waals surface area contributed by atoms with Gasteiger partial charge in [-0.1, -0.05) is 18.0 Å². The van der Waals surface area contributed by atoms with Crippen LogP contribution in [0.4, 0.5) is 5.82 Å². The molecule has 0 spiro atoms. The van der Waals surface area contributed by atoms with E-state index >= 15 is 0 Å². The number of hydrogen-bond acceptors (Lipinski definition) is 4. The molecule has 0 aliphatic carbocycles. The maximum Gasteiger partial charge on any atom is 0.243 e. The van der Waals surface area contributed by atoms with Crippen LogP contribution in [-0.4, -0.2) is 42.5 Å². The lowest BCUT2D eigenvalue weighted by Crippen LogP contribution is -2.49. The molecule has 0 aromatic carbocycles. The predicted molar refractivity (Wildman–Crippen MR) is 77.1 cm³/mol. The van der Waals surface area contributed by atoms with Crippen molar-refractivity contribution < 1.29 is 13.2 Å². The van der Waals surface area contributed by atoms with Gasteiger partial charge in [-0.05, 0) is 25.0 Å². The van der Waals surface area contributed by atoms with Crippen LogP contribution in [0.3, 0.4) is 0 Å². The lowest BCUT2D eigenvalue weighted by atomic mass is 10.0. The molecule has 0 bridgehead atoms. The van der Waals surface area contributed by atoms with Gasteiger partial charge in [0.25, 0.3) is 0 Å². The first-order chi connectivity index (χ1) is 9.38. The number of aromatic nitrogens is 1. The summed E-state index contributed by atoms with van der Waals surface area (Å²) in [7, 11) is -3.39. The van der Waals surface area contributed by atoms with E-state index in [2.05, 4.69) is 10.3 Å². The first kappa shape index (κ1) is 15.2. The van der Waals surface area contributed by atoms with Crippen LogP contribution in [0.5, 0.6) is 0 Å². The smallest absolute Gasteiger partial charge is 0.243 e. The Hall–Kier alpha value is -1.18. The highest BCUT2D eigenvalue weighted by Crippen LogP contribution is 2.21. The van der Waals surface area contributed by atoms with Crippen LogP contribution in [0.25, 0.3) is 0 Å². The molecule has 2 rings (SSSR count). The molecule has 1 amide bonds. The maximum atomic E-state index is 12.2. The molecule has 20 heavy (non-hydrogen) atoms.